The van der Waals surface area contributed by atoms with Gasteiger partial charge in [-0.3, -0.25) is 9.66 Å². The zero-order valence-corrected chi connectivity index (χ0v) is 12.2. The number of urea groups is 1. The normalized spacial score (nSPS) is 10.8. The summed E-state index contributed by atoms with van der Waals surface area (Å²) < 4.78 is 1.70. The van der Waals surface area contributed by atoms with Crippen LogP contribution in [0.15, 0.2) is 73.1 Å². The van der Waals surface area contributed by atoms with E-state index in [-0.39, 0.29) is 6.03 Å². The molecule has 2 N–H and O–H groups in total. The number of rotatable bonds is 2. The molecule has 0 fully saturated rings. The molecule has 4 rings (SSSR count). The van der Waals surface area contributed by atoms with E-state index in [1.165, 1.54) is 0 Å². The van der Waals surface area contributed by atoms with Crippen molar-refractivity contribution in [3.63, 3.8) is 0 Å². The second-order valence-electron chi connectivity index (χ2n) is 5.22. The van der Waals surface area contributed by atoms with Gasteiger partial charge in [0.05, 0.1) is 11.0 Å². The maximum absolute atomic E-state index is 12.2. The summed E-state index contributed by atoms with van der Waals surface area (Å²) in [5, 5.41) is 4.90. The van der Waals surface area contributed by atoms with Crippen molar-refractivity contribution in [3.8, 4) is 0 Å². The van der Waals surface area contributed by atoms with Crippen LogP contribution in [-0.4, -0.2) is 15.7 Å². The summed E-state index contributed by atoms with van der Waals surface area (Å²) in [6.07, 6.45) is 3.58. The van der Waals surface area contributed by atoms with Crippen molar-refractivity contribution < 1.29 is 4.79 Å². The number of nitrogens with one attached hydrogen (secondary N) is 2. The Bertz CT molecular complexity index is 1010. The Morgan fingerprint density at radius 1 is 0.957 bits per heavy atom. The number of para-hydroxylation sites is 1. The fraction of sp³-hybridized carbons (Fsp3) is 0. The lowest BCUT2D eigenvalue weighted by Crippen LogP contribution is -2.27. The van der Waals surface area contributed by atoms with Crippen molar-refractivity contribution in [2.75, 3.05) is 10.7 Å². The van der Waals surface area contributed by atoms with Crippen LogP contribution in [0, 0.1) is 0 Å². The predicted molar refractivity (Wildman–Crippen MR) is 92.1 cm³/mol. The molecule has 2 heterocycles. The largest absolute Gasteiger partial charge is 0.338 e. The van der Waals surface area contributed by atoms with Crippen LogP contribution >= 0.6 is 0 Å². The molecule has 0 spiro atoms. The second kappa shape index (κ2) is 5.46. The third-order valence-corrected chi connectivity index (χ3v) is 3.68. The first-order chi connectivity index (χ1) is 11.3. The van der Waals surface area contributed by atoms with E-state index in [1.807, 2.05) is 66.9 Å². The number of hydrogen-bond acceptors (Lipinski definition) is 2. The van der Waals surface area contributed by atoms with E-state index in [4.69, 9.17) is 0 Å². The summed E-state index contributed by atoms with van der Waals surface area (Å²) in [6.45, 7) is 0. The lowest BCUT2D eigenvalue weighted by molar-refractivity contribution is 0.260. The van der Waals surface area contributed by atoms with Gasteiger partial charge in [-0.05, 0) is 36.4 Å². The smallest absolute Gasteiger partial charge is 0.307 e. The number of nitrogens with zero attached hydrogens (tertiary/aromatic N) is 2. The van der Waals surface area contributed by atoms with Gasteiger partial charge in [0.15, 0.2) is 0 Å². The minimum absolute atomic E-state index is 0.297. The third kappa shape index (κ3) is 2.60. The monoisotopic (exact) mass is 302 g/mol. The van der Waals surface area contributed by atoms with Gasteiger partial charge in [-0.15, -0.1) is 0 Å². The number of amides is 2. The molecule has 0 saturated carbocycles. The maximum Gasteiger partial charge on any atom is 0.338 e. The van der Waals surface area contributed by atoms with Gasteiger partial charge >= 0.3 is 6.03 Å². The van der Waals surface area contributed by atoms with Crippen LogP contribution in [0.4, 0.5) is 10.5 Å². The molecule has 4 aromatic rings. The van der Waals surface area contributed by atoms with Crippen LogP contribution in [0.25, 0.3) is 21.8 Å². The lowest BCUT2D eigenvalue weighted by atomic mass is 10.2. The molecular weight excluding hydrogens is 288 g/mol. The van der Waals surface area contributed by atoms with E-state index in [0.717, 1.165) is 27.5 Å². The number of benzene rings is 2. The zero-order chi connectivity index (χ0) is 15.6. The lowest BCUT2D eigenvalue weighted by Gasteiger charge is -2.10. The summed E-state index contributed by atoms with van der Waals surface area (Å²) in [6, 6.07) is 19.0. The SMILES string of the molecule is O=C(Nc1ccc2ncccc2c1)Nn1ccc2ccccc21. The molecule has 0 aliphatic carbocycles. The Hall–Kier alpha value is -3.34. The molecule has 112 valence electrons. The Kier molecular flexibility index (Phi) is 3.16. The fourth-order valence-electron chi connectivity index (χ4n) is 2.60. The molecule has 2 aromatic heterocycles. The maximum atomic E-state index is 12.2. The van der Waals surface area contributed by atoms with Gasteiger partial charge in [-0.2, -0.15) is 0 Å². The van der Waals surface area contributed by atoms with Crippen molar-refractivity contribution in [3.05, 3.63) is 73.1 Å². The molecule has 0 bridgehead atoms. The predicted octanol–water partition coefficient (Wildman–Crippen LogP) is 3.97. The van der Waals surface area contributed by atoms with Crippen LogP contribution in [-0.2, 0) is 0 Å². The number of hydrogen-bond donors (Lipinski definition) is 2. The first-order valence-electron chi connectivity index (χ1n) is 7.28. The molecule has 2 aromatic carbocycles. The Morgan fingerprint density at radius 3 is 2.78 bits per heavy atom. The molecule has 0 saturated heterocycles. The van der Waals surface area contributed by atoms with Crippen LogP contribution in [0.3, 0.4) is 0 Å². The average molecular weight is 302 g/mol. The highest BCUT2D eigenvalue weighted by Gasteiger charge is 2.05. The van der Waals surface area contributed by atoms with Gasteiger partial charge in [0.1, 0.15) is 0 Å². The molecule has 5 heteroatoms. The fourth-order valence-corrected chi connectivity index (χ4v) is 2.60. The second-order valence-corrected chi connectivity index (χ2v) is 5.22. The third-order valence-electron chi connectivity index (χ3n) is 3.68. The zero-order valence-electron chi connectivity index (χ0n) is 12.2. The molecular formula is C18H14N4O. The summed E-state index contributed by atoms with van der Waals surface area (Å²) in [5.74, 6) is 0. The Balaban J connectivity index is 1.55. The highest BCUT2D eigenvalue weighted by atomic mass is 16.2. The van der Waals surface area contributed by atoms with E-state index in [1.54, 1.807) is 10.9 Å². The topological polar surface area (TPSA) is 59.0 Å². The summed E-state index contributed by atoms with van der Waals surface area (Å²) in [4.78, 5) is 16.5. The van der Waals surface area contributed by atoms with Gasteiger partial charge in [-0.25, -0.2) is 10.2 Å². The van der Waals surface area contributed by atoms with Crippen molar-refractivity contribution in [2.45, 2.75) is 0 Å². The van der Waals surface area contributed by atoms with Gasteiger partial charge in [0, 0.05) is 28.9 Å². The van der Waals surface area contributed by atoms with E-state index in [0.29, 0.717) is 0 Å². The summed E-state index contributed by atoms with van der Waals surface area (Å²) in [7, 11) is 0. The molecule has 0 atom stereocenters. The standard InChI is InChI=1S/C18H14N4O/c23-18(21-22-11-9-13-4-1-2-6-17(13)22)20-15-7-8-16-14(12-15)5-3-10-19-16/h1-12H,(H2,20,21,23). The molecule has 2 amide bonds. The highest BCUT2D eigenvalue weighted by molar-refractivity contribution is 5.98. The Morgan fingerprint density at radius 2 is 1.83 bits per heavy atom. The minimum Gasteiger partial charge on any atom is -0.307 e. The van der Waals surface area contributed by atoms with E-state index in [2.05, 4.69) is 15.7 Å². The molecule has 23 heavy (non-hydrogen) atoms. The van der Waals surface area contributed by atoms with Crippen molar-refractivity contribution in [1.29, 1.82) is 0 Å². The quantitative estimate of drug-likeness (QED) is 0.588. The Labute approximate surface area is 132 Å². The van der Waals surface area contributed by atoms with Crippen LogP contribution in [0.1, 0.15) is 0 Å². The summed E-state index contributed by atoms with van der Waals surface area (Å²) >= 11 is 0. The number of pyridine rings is 1. The van der Waals surface area contributed by atoms with E-state index in [9.17, 15) is 4.79 Å². The molecule has 0 aliphatic rings. The van der Waals surface area contributed by atoms with E-state index >= 15 is 0 Å². The van der Waals surface area contributed by atoms with Crippen molar-refractivity contribution >= 4 is 33.5 Å². The summed E-state index contributed by atoms with van der Waals surface area (Å²) in [5.41, 5.74) is 5.38. The van der Waals surface area contributed by atoms with Gasteiger partial charge < -0.3 is 5.32 Å². The number of aromatic nitrogens is 2. The highest BCUT2D eigenvalue weighted by Crippen LogP contribution is 2.17. The first-order valence-corrected chi connectivity index (χ1v) is 7.28. The van der Waals surface area contributed by atoms with Crippen LogP contribution < -0.4 is 10.7 Å². The van der Waals surface area contributed by atoms with E-state index < -0.39 is 0 Å². The number of anilines is 1. The van der Waals surface area contributed by atoms with Crippen molar-refractivity contribution in [2.24, 2.45) is 0 Å². The number of carbonyl (C=O) groups excluding carboxylic acids is 1. The van der Waals surface area contributed by atoms with Crippen molar-refractivity contribution in [1.82, 2.24) is 9.66 Å². The first kappa shape index (κ1) is 13.3. The molecule has 0 radical (unpaired) electrons. The number of fused-ring (bicyclic) bond motifs is 2. The van der Waals surface area contributed by atoms with Gasteiger partial charge in [-0.1, -0.05) is 24.3 Å². The number of carbonyl (C=O) groups is 1. The molecule has 0 aliphatic heterocycles. The van der Waals surface area contributed by atoms with Gasteiger partial charge in [0.25, 0.3) is 0 Å². The molecule has 0 unspecified atom stereocenters. The minimum atomic E-state index is -0.297. The van der Waals surface area contributed by atoms with Crippen LogP contribution in [0.5, 0.6) is 0 Å². The van der Waals surface area contributed by atoms with Gasteiger partial charge in [0.2, 0.25) is 0 Å². The van der Waals surface area contributed by atoms with Crippen LogP contribution in [0.2, 0.25) is 0 Å². The molecule has 5 nitrogen and oxygen atoms in total. The average Bonchev–Trinajstić information content (AvgIpc) is 2.98.